The number of nitrogens with one attached hydrogen (secondary N) is 2. The van der Waals surface area contributed by atoms with Crippen LogP contribution in [0.15, 0.2) is 0 Å². The van der Waals surface area contributed by atoms with Crippen LogP contribution in [-0.2, 0) is 19.1 Å². The normalized spacial score (nSPS) is 33.9. The molecule has 3 aliphatic heterocycles. The van der Waals surface area contributed by atoms with Crippen LogP contribution in [0.25, 0.3) is 0 Å². The minimum Gasteiger partial charge on any atom is -0.378 e. The van der Waals surface area contributed by atoms with Gasteiger partial charge in [-0.1, -0.05) is 0 Å². The fourth-order valence-electron chi connectivity index (χ4n) is 3.51. The van der Waals surface area contributed by atoms with Crippen molar-refractivity contribution in [3.63, 3.8) is 0 Å². The van der Waals surface area contributed by atoms with E-state index in [4.69, 9.17) is 4.74 Å². The number of morpholine rings is 1. The molecule has 3 fully saturated rings. The highest BCUT2D eigenvalue weighted by Gasteiger charge is 2.41. The minimum atomic E-state index is -0.253. The Bertz CT molecular complexity index is 440. The number of amides is 3. The van der Waals surface area contributed by atoms with Crippen LogP contribution in [0.1, 0.15) is 19.3 Å². The van der Waals surface area contributed by atoms with Crippen LogP contribution >= 0.6 is 0 Å². The lowest BCUT2D eigenvalue weighted by Crippen LogP contribution is -3.17. The van der Waals surface area contributed by atoms with Crippen molar-refractivity contribution in [3.05, 3.63) is 0 Å². The van der Waals surface area contributed by atoms with E-state index in [1.54, 1.807) is 0 Å². The lowest BCUT2D eigenvalue weighted by Gasteiger charge is -2.35. The highest BCUT2D eigenvalue weighted by Crippen LogP contribution is 2.15. The van der Waals surface area contributed by atoms with Gasteiger partial charge in [0.15, 0.2) is 6.04 Å². The van der Waals surface area contributed by atoms with E-state index in [0.29, 0.717) is 26.3 Å². The Hall–Kier alpha value is -1.47. The largest absolute Gasteiger partial charge is 0.378 e. The first-order valence-electron chi connectivity index (χ1n) is 7.70. The Morgan fingerprint density at radius 1 is 1.19 bits per heavy atom. The van der Waals surface area contributed by atoms with Gasteiger partial charge in [-0.3, -0.25) is 19.7 Å². The number of hydrogen-bond acceptors (Lipinski definition) is 4. The summed E-state index contributed by atoms with van der Waals surface area (Å²) in [7, 11) is 0. The number of quaternary nitrogens is 1. The molecule has 0 saturated carbocycles. The molecule has 7 nitrogen and oxygen atoms in total. The number of ether oxygens (including phenoxy) is 1. The average Bonchev–Trinajstić information content (AvgIpc) is 2.86. The Morgan fingerprint density at radius 2 is 1.86 bits per heavy atom. The first kappa shape index (κ1) is 14.5. The summed E-state index contributed by atoms with van der Waals surface area (Å²) in [6, 6.07) is -0.253. The summed E-state index contributed by atoms with van der Waals surface area (Å²) in [6.45, 7) is 4.19. The van der Waals surface area contributed by atoms with Gasteiger partial charge in [-0.25, -0.2) is 0 Å². The molecule has 21 heavy (non-hydrogen) atoms. The molecular formula is C14H22N3O4+. The number of likely N-dealkylation sites (tertiary alicyclic amines) is 1. The zero-order chi connectivity index (χ0) is 14.8. The maximum Gasteiger partial charge on any atom is 0.285 e. The summed E-state index contributed by atoms with van der Waals surface area (Å²) in [5.41, 5.74) is 0. The third-order valence-corrected chi connectivity index (χ3v) is 4.76. The highest BCUT2D eigenvalue weighted by atomic mass is 16.5. The molecule has 3 saturated heterocycles. The first-order valence-corrected chi connectivity index (χ1v) is 7.70. The molecule has 0 aliphatic carbocycles. The van der Waals surface area contributed by atoms with Gasteiger partial charge >= 0.3 is 0 Å². The van der Waals surface area contributed by atoms with E-state index in [-0.39, 0.29) is 36.1 Å². The van der Waals surface area contributed by atoms with Crippen LogP contribution in [0.2, 0.25) is 0 Å². The van der Waals surface area contributed by atoms with Gasteiger partial charge in [0.25, 0.3) is 5.91 Å². The van der Waals surface area contributed by atoms with Gasteiger partial charge in [-0.05, 0) is 0 Å². The Morgan fingerprint density at radius 3 is 2.43 bits per heavy atom. The lowest BCUT2D eigenvalue weighted by molar-refractivity contribution is -0.920. The predicted octanol–water partition coefficient (Wildman–Crippen LogP) is -2.44. The van der Waals surface area contributed by atoms with Gasteiger partial charge in [0.1, 0.15) is 0 Å². The third-order valence-electron chi connectivity index (χ3n) is 4.76. The van der Waals surface area contributed by atoms with E-state index >= 15 is 0 Å². The fraction of sp³-hybridized carbons (Fsp3) is 0.786. The molecule has 3 heterocycles. The summed E-state index contributed by atoms with van der Waals surface area (Å²) in [5, 5.41) is 2.36. The van der Waals surface area contributed by atoms with Crippen LogP contribution in [0, 0.1) is 5.92 Å². The molecule has 7 heteroatoms. The molecular weight excluding hydrogens is 274 g/mol. The third kappa shape index (κ3) is 3.08. The van der Waals surface area contributed by atoms with E-state index in [2.05, 4.69) is 5.32 Å². The van der Waals surface area contributed by atoms with Gasteiger partial charge in [0.2, 0.25) is 11.8 Å². The summed E-state index contributed by atoms with van der Waals surface area (Å²) in [5.74, 6) is -0.0479. The van der Waals surface area contributed by atoms with E-state index in [9.17, 15) is 14.4 Å². The molecule has 3 amide bonds. The number of hydrogen-bond donors (Lipinski definition) is 2. The van der Waals surface area contributed by atoms with E-state index in [1.807, 2.05) is 4.90 Å². The van der Waals surface area contributed by atoms with E-state index in [1.165, 1.54) is 0 Å². The Kier molecular flexibility index (Phi) is 4.21. The van der Waals surface area contributed by atoms with E-state index < -0.39 is 0 Å². The van der Waals surface area contributed by atoms with Crippen molar-refractivity contribution in [1.29, 1.82) is 0 Å². The van der Waals surface area contributed by atoms with Crippen molar-refractivity contribution in [2.45, 2.75) is 25.3 Å². The van der Waals surface area contributed by atoms with Crippen molar-refractivity contribution in [1.82, 2.24) is 10.2 Å². The molecule has 0 aromatic carbocycles. The summed E-state index contributed by atoms with van der Waals surface area (Å²) in [6.07, 6.45) is 1.88. The summed E-state index contributed by atoms with van der Waals surface area (Å²) >= 11 is 0. The van der Waals surface area contributed by atoms with Gasteiger partial charge in [0.05, 0.1) is 32.7 Å². The second-order valence-electron chi connectivity index (χ2n) is 6.04. The maximum absolute atomic E-state index is 12.4. The smallest absolute Gasteiger partial charge is 0.285 e. The molecule has 0 unspecified atom stereocenters. The van der Waals surface area contributed by atoms with Crippen LogP contribution in [-0.4, -0.2) is 68.1 Å². The van der Waals surface area contributed by atoms with Crippen LogP contribution in [0.4, 0.5) is 0 Å². The number of carbonyl (C=O) groups is 3. The van der Waals surface area contributed by atoms with Crippen molar-refractivity contribution < 1.29 is 24.0 Å². The van der Waals surface area contributed by atoms with Gasteiger partial charge in [-0.2, -0.15) is 0 Å². The standard InChI is InChI=1S/C14H21N3O4/c18-12-9-11(13(19)15-12)16-3-1-10(2-4-16)14(20)17-5-7-21-8-6-17/h10-11H,1-9H2,(H,15,18,19)/p+1/t11-/m1/s1. The fourth-order valence-corrected chi connectivity index (χ4v) is 3.51. The number of nitrogens with zero attached hydrogens (tertiary/aromatic N) is 1. The monoisotopic (exact) mass is 296 g/mol. The minimum absolute atomic E-state index is 0.0621. The second kappa shape index (κ2) is 6.11. The first-order chi connectivity index (χ1) is 10.1. The number of imide groups is 1. The molecule has 3 rings (SSSR count). The quantitative estimate of drug-likeness (QED) is 0.555. The molecule has 0 bridgehead atoms. The van der Waals surface area contributed by atoms with Gasteiger partial charge in [-0.15, -0.1) is 0 Å². The predicted molar refractivity (Wildman–Crippen MR) is 72.4 cm³/mol. The molecule has 0 radical (unpaired) electrons. The zero-order valence-electron chi connectivity index (χ0n) is 12.1. The number of rotatable bonds is 2. The lowest BCUT2D eigenvalue weighted by atomic mass is 9.94. The average molecular weight is 296 g/mol. The van der Waals surface area contributed by atoms with E-state index in [0.717, 1.165) is 30.8 Å². The summed E-state index contributed by atoms with van der Waals surface area (Å²) < 4.78 is 5.27. The zero-order valence-corrected chi connectivity index (χ0v) is 12.1. The number of carbonyl (C=O) groups excluding carboxylic acids is 3. The van der Waals surface area contributed by atoms with Gasteiger partial charge < -0.3 is 14.5 Å². The molecule has 116 valence electrons. The molecule has 1 atom stereocenters. The van der Waals surface area contributed by atoms with Gasteiger partial charge in [0, 0.05) is 31.8 Å². The number of piperidine rings is 1. The van der Waals surface area contributed by atoms with Crippen molar-refractivity contribution in [3.8, 4) is 0 Å². The van der Waals surface area contributed by atoms with Crippen molar-refractivity contribution >= 4 is 17.7 Å². The van der Waals surface area contributed by atoms with Crippen LogP contribution < -0.4 is 10.2 Å². The Balaban J connectivity index is 1.51. The van der Waals surface area contributed by atoms with Crippen LogP contribution in [0.3, 0.4) is 0 Å². The molecule has 3 aliphatic rings. The second-order valence-corrected chi connectivity index (χ2v) is 6.04. The molecule has 0 aromatic heterocycles. The highest BCUT2D eigenvalue weighted by molar-refractivity contribution is 6.04. The van der Waals surface area contributed by atoms with Crippen molar-refractivity contribution in [2.24, 2.45) is 5.92 Å². The van der Waals surface area contributed by atoms with Crippen molar-refractivity contribution in [2.75, 3.05) is 39.4 Å². The summed E-state index contributed by atoms with van der Waals surface area (Å²) in [4.78, 5) is 38.4. The maximum atomic E-state index is 12.4. The molecule has 0 aromatic rings. The topological polar surface area (TPSA) is 80.2 Å². The molecule has 2 N–H and O–H groups in total. The van der Waals surface area contributed by atoms with Crippen LogP contribution in [0.5, 0.6) is 0 Å². The Labute approximate surface area is 123 Å². The SMILES string of the molecule is O=C1C[C@@H]([NH+]2CCC(C(=O)N3CCOCC3)CC2)C(=O)N1. The molecule has 0 spiro atoms.